The van der Waals surface area contributed by atoms with Crippen LogP contribution in [0.25, 0.3) is 0 Å². The van der Waals surface area contributed by atoms with E-state index < -0.39 is 0 Å². The second kappa shape index (κ2) is 7.19. The lowest BCUT2D eigenvalue weighted by molar-refractivity contribution is -0.135. The molecule has 1 atom stereocenters. The monoisotopic (exact) mass is 289 g/mol. The summed E-state index contributed by atoms with van der Waals surface area (Å²) in [5.41, 5.74) is 0.925. The van der Waals surface area contributed by atoms with Crippen molar-refractivity contribution in [2.75, 3.05) is 26.7 Å². The molecule has 0 spiro atoms. The van der Waals surface area contributed by atoms with E-state index in [9.17, 15) is 9.18 Å². The molecule has 4 nitrogen and oxygen atoms in total. The maximum atomic E-state index is 13.2. The van der Waals surface area contributed by atoms with Crippen molar-refractivity contribution >= 4 is 5.91 Å². The Morgan fingerprint density at radius 2 is 2.38 bits per heavy atom. The van der Waals surface area contributed by atoms with Gasteiger partial charge in [0.2, 0.25) is 5.91 Å². The standard InChI is InChI=1S/C16H20FN3O/c1-19(9-7-18)16(21)14-5-3-8-20(12-14)11-13-4-2-6-15(17)10-13/h2,4,6,10,14H,3,5,8-9,11-12H2,1H3/t14-/m0/s1. The third-order valence-electron chi connectivity index (χ3n) is 3.83. The molecule has 0 bridgehead atoms. The minimum absolute atomic E-state index is 0.0282. The molecule has 0 aromatic heterocycles. The number of piperidine rings is 1. The molecule has 5 heteroatoms. The summed E-state index contributed by atoms with van der Waals surface area (Å²) < 4.78 is 13.2. The number of carbonyl (C=O) groups excluding carboxylic acids is 1. The molecule has 0 aliphatic carbocycles. The highest BCUT2D eigenvalue weighted by Gasteiger charge is 2.27. The van der Waals surface area contributed by atoms with Crippen molar-refractivity contribution in [3.8, 4) is 6.07 Å². The predicted molar refractivity (Wildman–Crippen MR) is 77.7 cm³/mol. The van der Waals surface area contributed by atoms with Crippen molar-refractivity contribution in [2.45, 2.75) is 19.4 Å². The molecule has 1 heterocycles. The van der Waals surface area contributed by atoms with Crippen LogP contribution in [0.5, 0.6) is 0 Å². The summed E-state index contributed by atoms with van der Waals surface area (Å²) in [4.78, 5) is 15.9. The van der Waals surface area contributed by atoms with Gasteiger partial charge in [-0.05, 0) is 37.1 Å². The number of benzene rings is 1. The maximum absolute atomic E-state index is 13.2. The summed E-state index contributed by atoms with van der Waals surface area (Å²) in [6, 6.07) is 8.57. The summed E-state index contributed by atoms with van der Waals surface area (Å²) in [6.45, 7) is 2.37. The molecular weight excluding hydrogens is 269 g/mol. The van der Waals surface area contributed by atoms with E-state index in [1.54, 1.807) is 13.1 Å². The number of likely N-dealkylation sites (tertiary alicyclic amines) is 1. The molecule has 1 aromatic rings. The highest BCUT2D eigenvalue weighted by atomic mass is 19.1. The summed E-state index contributed by atoms with van der Waals surface area (Å²) in [7, 11) is 1.66. The van der Waals surface area contributed by atoms with Gasteiger partial charge >= 0.3 is 0 Å². The minimum atomic E-state index is -0.231. The molecule has 0 unspecified atom stereocenters. The first-order chi connectivity index (χ1) is 10.1. The molecule has 1 amide bonds. The van der Waals surface area contributed by atoms with Crippen LogP contribution in [0, 0.1) is 23.1 Å². The molecule has 0 N–H and O–H groups in total. The Bertz CT molecular complexity index is 541. The van der Waals surface area contributed by atoms with E-state index in [2.05, 4.69) is 4.90 Å². The van der Waals surface area contributed by atoms with Crippen molar-refractivity contribution in [1.82, 2.24) is 9.80 Å². The van der Waals surface area contributed by atoms with E-state index in [0.29, 0.717) is 13.1 Å². The van der Waals surface area contributed by atoms with Gasteiger partial charge < -0.3 is 4.90 Å². The first-order valence-corrected chi connectivity index (χ1v) is 7.19. The van der Waals surface area contributed by atoms with Crippen LogP contribution in [0.4, 0.5) is 4.39 Å². The van der Waals surface area contributed by atoms with Crippen molar-refractivity contribution in [3.05, 3.63) is 35.6 Å². The molecule has 1 saturated heterocycles. The van der Waals surface area contributed by atoms with Crippen LogP contribution < -0.4 is 0 Å². The summed E-state index contributed by atoms with van der Waals surface area (Å²) >= 11 is 0. The number of carbonyl (C=O) groups is 1. The number of nitriles is 1. The Morgan fingerprint density at radius 1 is 1.57 bits per heavy atom. The van der Waals surface area contributed by atoms with Crippen molar-refractivity contribution < 1.29 is 9.18 Å². The van der Waals surface area contributed by atoms with Crippen LogP contribution >= 0.6 is 0 Å². The van der Waals surface area contributed by atoms with E-state index in [1.807, 2.05) is 12.1 Å². The van der Waals surface area contributed by atoms with Crippen LogP contribution in [0.1, 0.15) is 18.4 Å². The van der Waals surface area contributed by atoms with E-state index in [0.717, 1.165) is 24.9 Å². The Kier molecular flexibility index (Phi) is 5.29. The Labute approximate surface area is 124 Å². The van der Waals surface area contributed by atoms with E-state index >= 15 is 0 Å². The average molecular weight is 289 g/mol. The van der Waals surface area contributed by atoms with E-state index in [1.165, 1.54) is 17.0 Å². The molecule has 21 heavy (non-hydrogen) atoms. The van der Waals surface area contributed by atoms with Gasteiger partial charge in [0.1, 0.15) is 12.4 Å². The number of rotatable bonds is 4. The molecule has 1 aliphatic heterocycles. The van der Waals surface area contributed by atoms with Crippen LogP contribution in [0.3, 0.4) is 0 Å². The Balaban J connectivity index is 1.94. The zero-order chi connectivity index (χ0) is 15.2. The SMILES string of the molecule is CN(CC#N)C(=O)[C@H]1CCCN(Cc2cccc(F)c2)C1. The van der Waals surface area contributed by atoms with Crippen LogP contribution in [-0.4, -0.2) is 42.4 Å². The van der Waals surface area contributed by atoms with Gasteiger partial charge in [0.25, 0.3) is 0 Å². The van der Waals surface area contributed by atoms with E-state index in [-0.39, 0.29) is 24.2 Å². The van der Waals surface area contributed by atoms with Gasteiger partial charge in [-0.25, -0.2) is 4.39 Å². The topological polar surface area (TPSA) is 47.3 Å². The quantitative estimate of drug-likeness (QED) is 0.797. The zero-order valence-corrected chi connectivity index (χ0v) is 12.3. The average Bonchev–Trinajstić information content (AvgIpc) is 2.47. The second-order valence-electron chi connectivity index (χ2n) is 5.56. The highest BCUT2D eigenvalue weighted by molar-refractivity contribution is 5.79. The van der Waals surface area contributed by atoms with Gasteiger partial charge in [-0.3, -0.25) is 9.69 Å². The van der Waals surface area contributed by atoms with Gasteiger partial charge in [-0.15, -0.1) is 0 Å². The van der Waals surface area contributed by atoms with Crippen LogP contribution in [0.2, 0.25) is 0 Å². The fraction of sp³-hybridized carbons (Fsp3) is 0.500. The van der Waals surface area contributed by atoms with Gasteiger partial charge in [-0.1, -0.05) is 12.1 Å². The maximum Gasteiger partial charge on any atom is 0.227 e. The third-order valence-corrected chi connectivity index (χ3v) is 3.83. The third kappa shape index (κ3) is 4.27. The predicted octanol–water partition coefficient (Wildman–Crippen LogP) is 2.02. The largest absolute Gasteiger partial charge is 0.332 e. The Morgan fingerprint density at radius 3 is 3.10 bits per heavy atom. The summed E-state index contributed by atoms with van der Waals surface area (Å²) in [5, 5.41) is 8.67. The normalized spacial score (nSPS) is 19.0. The molecule has 1 aliphatic rings. The first kappa shape index (κ1) is 15.5. The molecule has 1 aromatic carbocycles. The lowest BCUT2D eigenvalue weighted by atomic mass is 9.96. The number of amides is 1. The molecule has 1 fully saturated rings. The fourth-order valence-electron chi connectivity index (χ4n) is 2.79. The van der Waals surface area contributed by atoms with Gasteiger partial charge in [-0.2, -0.15) is 5.26 Å². The summed E-state index contributed by atoms with van der Waals surface area (Å²) in [6.07, 6.45) is 1.81. The minimum Gasteiger partial charge on any atom is -0.332 e. The second-order valence-corrected chi connectivity index (χ2v) is 5.56. The molecular formula is C16H20FN3O. The lowest BCUT2D eigenvalue weighted by Crippen LogP contribution is -2.43. The van der Waals surface area contributed by atoms with Crippen molar-refractivity contribution in [3.63, 3.8) is 0 Å². The molecule has 0 saturated carbocycles. The number of hydrogen-bond acceptors (Lipinski definition) is 3. The van der Waals surface area contributed by atoms with Crippen LogP contribution in [0.15, 0.2) is 24.3 Å². The smallest absolute Gasteiger partial charge is 0.227 e. The van der Waals surface area contributed by atoms with Crippen molar-refractivity contribution in [1.29, 1.82) is 5.26 Å². The zero-order valence-electron chi connectivity index (χ0n) is 12.3. The number of nitrogens with zero attached hydrogens (tertiary/aromatic N) is 3. The lowest BCUT2D eigenvalue weighted by Gasteiger charge is -2.33. The van der Waals surface area contributed by atoms with E-state index in [4.69, 9.17) is 5.26 Å². The fourth-order valence-corrected chi connectivity index (χ4v) is 2.79. The van der Waals surface area contributed by atoms with Gasteiger partial charge in [0.05, 0.1) is 12.0 Å². The highest BCUT2D eigenvalue weighted by Crippen LogP contribution is 2.20. The van der Waals surface area contributed by atoms with Gasteiger partial charge in [0, 0.05) is 20.1 Å². The molecule has 112 valence electrons. The number of halogens is 1. The Hall–Kier alpha value is -1.93. The summed E-state index contributed by atoms with van der Waals surface area (Å²) in [5.74, 6) is -0.267. The first-order valence-electron chi connectivity index (χ1n) is 7.19. The van der Waals surface area contributed by atoms with Gasteiger partial charge in [0.15, 0.2) is 0 Å². The van der Waals surface area contributed by atoms with Crippen LogP contribution in [-0.2, 0) is 11.3 Å². The number of hydrogen-bond donors (Lipinski definition) is 0. The van der Waals surface area contributed by atoms with Crippen molar-refractivity contribution in [2.24, 2.45) is 5.92 Å². The molecule has 2 rings (SSSR count). The molecule has 0 radical (unpaired) electrons.